The summed E-state index contributed by atoms with van der Waals surface area (Å²) in [7, 11) is 1.71. The topological polar surface area (TPSA) is 44.5 Å². The number of nitrogens with two attached hydrogens (primary N) is 1. The van der Waals surface area contributed by atoms with Gasteiger partial charge in [-0.2, -0.15) is 0 Å². The van der Waals surface area contributed by atoms with Gasteiger partial charge in [-0.05, 0) is 19.8 Å². The van der Waals surface area contributed by atoms with Crippen LogP contribution in [0.15, 0.2) is 0 Å². The molecule has 1 fully saturated rings. The summed E-state index contributed by atoms with van der Waals surface area (Å²) in [5.41, 5.74) is 5.56. The fourth-order valence-electron chi connectivity index (χ4n) is 1.30. The average molecular weight is 145 g/mol. The van der Waals surface area contributed by atoms with Crippen LogP contribution in [0.25, 0.3) is 0 Å². The van der Waals surface area contributed by atoms with Crippen molar-refractivity contribution in [3.8, 4) is 0 Å². The normalized spacial score (nSPS) is 41.7. The van der Waals surface area contributed by atoms with Crippen molar-refractivity contribution in [1.82, 2.24) is 0 Å². The molecule has 3 nitrogen and oxygen atoms in total. The smallest absolute Gasteiger partial charge is 0.106 e. The molecule has 2 N–H and O–H groups in total. The van der Waals surface area contributed by atoms with Gasteiger partial charge in [0.1, 0.15) is 6.23 Å². The second-order valence-corrected chi connectivity index (χ2v) is 2.73. The first-order valence-corrected chi connectivity index (χ1v) is 3.68. The van der Waals surface area contributed by atoms with Crippen molar-refractivity contribution < 1.29 is 9.47 Å². The van der Waals surface area contributed by atoms with Gasteiger partial charge < -0.3 is 15.2 Å². The van der Waals surface area contributed by atoms with Gasteiger partial charge in [0, 0.05) is 7.11 Å². The molecular formula is C7H15NO2. The second kappa shape index (κ2) is 3.32. The molecule has 1 aliphatic rings. The lowest BCUT2D eigenvalue weighted by atomic mass is 10.1. The minimum atomic E-state index is -0.0820. The number of rotatable bonds is 1. The van der Waals surface area contributed by atoms with Gasteiger partial charge in [-0.1, -0.05) is 0 Å². The van der Waals surface area contributed by atoms with E-state index in [0.717, 1.165) is 12.8 Å². The van der Waals surface area contributed by atoms with Crippen molar-refractivity contribution in [2.24, 2.45) is 5.73 Å². The van der Waals surface area contributed by atoms with Gasteiger partial charge in [0.05, 0.1) is 12.2 Å². The maximum Gasteiger partial charge on any atom is 0.106 e. The molecule has 3 atom stereocenters. The Morgan fingerprint density at radius 2 is 2.20 bits per heavy atom. The molecule has 0 aromatic heterocycles. The highest BCUT2D eigenvalue weighted by Gasteiger charge is 2.25. The molecule has 3 unspecified atom stereocenters. The van der Waals surface area contributed by atoms with Crippen LogP contribution in [0.3, 0.4) is 0 Å². The van der Waals surface area contributed by atoms with E-state index in [1.165, 1.54) is 0 Å². The van der Waals surface area contributed by atoms with Gasteiger partial charge in [-0.15, -0.1) is 0 Å². The molecule has 1 heterocycles. The van der Waals surface area contributed by atoms with Crippen molar-refractivity contribution in [1.29, 1.82) is 0 Å². The predicted molar refractivity (Wildman–Crippen MR) is 38.6 cm³/mol. The Kier molecular flexibility index (Phi) is 2.65. The number of hydrogen-bond acceptors (Lipinski definition) is 3. The molecule has 1 saturated heterocycles. The summed E-state index contributed by atoms with van der Waals surface area (Å²) < 4.78 is 10.5. The Morgan fingerprint density at radius 3 is 2.70 bits per heavy atom. The van der Waals surface area contributed by atoms with Crippen molar-refractivity contribution in [3.05, 3.63) is 0 Å². The summed E-state index contributed by atoms with van der Waals surface area (Å²) in [6, 6.07) is 0. The first-order chi connectivity index (χ1) is 4.74. The lowest BCUT2D eigenvalue weighted by molar-refractivity contribution is -0.118. The van der Waals surface area contributed by atoms with Gasteiger partial charge >= 0.3 is 0 Å². The van der Waals surface area contributed by atoms with E-state index in [9.17, 15) is 0 Å². The third-order valence-corrected chi connectivity index (χ3v) is 1.95. The van der Waals surface area contributed by atoms with Crippen molar-refractivity contribution in [2.45, 2.75) is 38.2 Å². The van der Waals surface area contributed by atoms with E-state index < -0.39 is 0 Å². The van der Waals surface area contributed by atoms with E-state index in [-0.39, 0.29) is 18.4 Å². The van der Waals surface area contributed by atoms with E-state index in [1.54, 1.807) is 7.11 Å². The maximum absolute atomic E-state index is 5.56. The zero-order valence-corrected chi connectivity index (χ0v) is 6.54. The summed E-state index contributed by atoms with van der Waals surface area (Å²) in [6.45, 7) is 1.99. The van der Waals surface area contributed by atoms with Crippen LogP contribution in [0.1, 0.15) is 19.8 Å². The SMILES string of the molecule is COC1CCC(N)OC1C. The van der Waals surface area contributed by atoms with Crippen LogP contribution in [0, 0.1) is 0 Å². The van der Waals surface area contributed by atoms with Gasteiger partial charge in [0.15, 0.2) is 0 Å². The molecular weight excluding hydrogens is 130 g/mol. The molecule has 0 radical (unpaired) electrons. The first-order valence-electron chi connectivity index (χ1n) is 3.68. The summed E-state index contributed by atoms with van der Waals surface area (Å²) in [5, 5.41) is 0. The highest BCUT2D eigenvalue weighted by atomic mass is 16.5. The van der Waals surface area contributed by atoms with Crippen LogP contribution in [-0.4, -0.2) is 25.5 Å². The molecule has 0 aromatic rings. The Morgan fingerprint density at radius 1 is 1.50 bits per heavy atom. The van der Waals surface area contributed by atoms with Crippen molar-refractivity contribution in [3.63, 3.8) is 0 Å². The largest absolute Gasteiger partial charge is 0.379 e. The van der Waals surface area contributed by atoms with Gasteiger partial charge in [0.2, 0.25) is 0 Å². The monoisotopic (exact) mass is 145 g/mol. The van der Waals surface area contributed by atoms with E-state index in [1.807, 2.05) is 6.92 Å². The lowest BCUT2D eigenvalue weighted by Crippen LogP contribution is -2.41. The maximum atomic E-state index is 5.56. The molecule has 0 aliphatic carbocycles. The fraction of sp³-hybridized carbons (Fsp3) is 1.00. The summed E-state index contributed by atoms with van der Waals surface area (Å²) >= 11 is 0. The molecule has 0 amide bonds. The standard InChI is InChI=1S/C7H15NO2/c1-5-6(9-2)3-4-7(8)10-5/h5-7H,3-4,8H2,1-2H3. The lowest BCUT2D eigenvalue weighted by Gasteiger charge is -2.31. The van der Waals surface area contributed by atoms with E-state index in [0.29, 0.717) is 0 Å². The molecule has 0 bridgehead atoms. The molecule has 10 heavy (non-hydrogen) atoms. The van der Waals surface area contributed by atoms with Gasteiger partial charge in [-0.25, -0.2) is 0 Å². The predicted octanol–water partition coefficient (Wildman–Crippen LogP) is 0.485. The highest BCUT2D eigenvalue weighted by Crippen LogP contribution is 2.18. The van der Waals surface area contributed by atoms with Crippen LogP contribution >= 0.6 is 0 Å². The van der Waals surface area contributed by atoms with Crippen LogP contribution in [0.5, 0.6) is 0 Å². The first kappa shape index (κ1) is 7.98. The molecule has 60 valence electrons. The highest BCUT2D eigenvalue weighted by molar-refractivity contribution is 4.73. The fourth-order valence-corrected chi connectivity index (χ4v) is 1.30. The van der Waals surface area contributed by atoms with Crippen LogP contribution in [-0.2, 0) is 9.47 Å². The van der Waals surface area contributed by atoms with Crippen LogP contribution < -0.4 is 5.73 Å². The quantitative estimate of drug-likeness (QED) is 0.584. The Bertz CT molecular complexity index is 108. The van der Waals surface area contributed by atoms with E-state index >= 15 is 0 Å². The zero-order chi connectivity index (χ0) is 7.56. The van der Waals surface area contributed by atoms with Crippen molar-refractivity contribution in [2.75, 3.05) is 7.11 Å². The van der Waals surface area contributed by atoms with Crippen LogP contribution in [0.4, 0.5) is 0 Å². The van der Waals surface area contributed by atoms with Crippen molar-refractivity contribution >= 4 is 0 Å². The minimum Gasteiger partial charge on any atom is -0.379 e. The average Bonchev–Trinajstić information content (AvgIpc) is 1.88. The number of methoxy groups -OCH3 is 1. The van der Waals surface area contributed by atoms with E-state index in [4.69, 9.17) is 15.2 Å². The zero-order valence-electron chi connectivity index (χ0n) is 6.54. The molecule has 1 rings (SSSR count). The third-order valence-electron chi connectivity index (χ3n) is 1.95. The van der Waals surface area contributed by atoms with Gasteiger partial charge in [-0.3, -0.25) is 0 Å². The Balaban J connectivity index is 2.36. The van der Waals surface area contributed by atoms with E-state index in [2.05, 4.69) is 0 Å². The molecule has 3 heteroatoms. The summed E-state index contributed by atoms with van der Waals surface area (Å²) in [6.07, 6.45) is 2.22. The third kappa shape index (κ3) is 1.68. The summed E-state index contributed by atoms with van der Waals surface area (Å²) in [5.74, 6) is 0. The minimum absolute atomic E-state index is 0.0820. The molecule has 0 saturated carbocycles. The molecule has 0 spiro atoms. The van der Waals surface area contributed by atoms with Gasteiger partial charge in [0.25, 0.3) is 0 Å². The molecule has 1 aliphatic heterocycles. The van der Waals surface area contributed by atoms with Crippen LogP contribution in [0.2, 0.25) is 0 Å². The number of hydrogen-bond donors (Lipinski definition) is 1. The molecule has 0 aromatic carbocycles. The number of ether oxygens (including phenoxy) is 2. The Labute approximate surface area is 61.5 Å². The Hall–Kier alpha value is -0.120. The summed E-state index contributed by atoms with van der Waals surface area (Å²) in [4.78, 5) is 0. The second-order valence-electron chi connectivity index (χ2n) is 2.73.